The summed E-state index contributed by atoms with van der Waals surface area (Å²) >= 11 is 0. The predicted molar refractivity (Wildman–Crippen MR) is 68.3 cm³/mol. The highest BCUT2D eigenvalue weighted by molar-refractivity contribution is 4.83. The van der Waals surface area contributed by atoms with E-state index in [0.29, 0.717) is 17.9 Å². The van der Waals surface area contributed by atoms with Crippen molar-refractivity contribution in [3.8, 4) is 0 Å². The van der Waals surface area contributed by atoms with Crippen molar-refractivity contribution in [2.24, 2.45) is 17.6 Å². The third kappa shape index (κ3) is 3.72. The van der Waals surface area contributed by atoms with Crippen LogP contribution in [0.3, 0.4) is 0 Å². The summed E-state index contributed by atoms with van der Waals surface area (Å²) in [4.78, 5) is 2.32. The summed E-state index contributed by atoms with van der Waals surface area (Å²) in [6.07, 6.45) is 4.39. The van der Waals surface area contributed by atoms with E-state index >= 15 is 0 Å². The number of hydrogen-bond acceptors (Lipinski definition) is 3. The van der Waals surface area contributed by atoms with Crippen molar-refractivity contribution in [2.75, 3.05) is 20.1 Å². The summed E-state index contributed by atoms with van der Waals surface area (Å²) in [6.45, 7) is 6.20. The summed E-state index contributed by atoms with van der Waals surface area (Å²) in [7, 11) is 2.13. The molecule has 0 amide bonds. The van der Waals surface area contributed by atoms with Gasteiger partial charge in [-0.1, -0.05) is 26.7 Å². The molecule has 1 rings (SSSR count). The quantitative estimate of drug-likeness (QED) is 0.749. The van der Waals surface area contributed by atoms with Gasteiger partial charge in [0.2, 0.25) is 0 Å². The molecule has 0 spiro atoms. The monoisotopic (exact) mass is 228 g/mol. The van der Waals surface area contributed by atoms with Gasteiger partial charge >= 0.3 is 0 Å². The SMILES string of the molecule is CC(C)C(CN)CN(C)C1CCCCC1O. The van der Waals surface area contributed by atoms with Crippen molar-refractivity contribution >= 4 is 0 Å². The predicted octanol–water partition coefficient (Wildman–Crippen LogP) is 1.45. The molecule has 3 atom stereocenters. The molecular formula is C13H28N2O. The van der Waals surface area contributed by atoms with Crippen LogP contribution in [0.2, 0.25) is 0 Å². The van der Waals surface area contributed by atoms with Crippen molar-refractivity contribution in [3.63, 3.8) is 0 Å². The first kappa shape index (κ1) is 13.9. The number of aliphatic hydroxyl groups excluding tert-OH is 1. The Morgan fingerprint density at radius 1 is 1.31 bits per heavy atom. The number of hydrogen-bond donors (Lipinski definition) is 2. The molecule has 1 aliphatic carbocycles. The van der Waals surface area contributed by atoms with Gasteiger partial charge in [-0.15, -0.1) is 0 Å². The first-order chi connectivity index (χ1) is 7.56. The second-order valence-electron chi connectivity index (χ2n) is 5.60. The Morgan fingerprint density at radius 3 is 2.44 bits per heavy atom. The van der Waals surface area contributed by atoms with Gasteiger partial charge in [0, 0.05) is 12.6 Å². The van der Waals surface area contributed by atoms with Gasteiger partial charge in [0.15, 0.2) is 0 Å². The van der Waals surface area contributed by atoms with Crippen LogP contribution >= 0.6 is 0 Å². The molecule has 96 valence electrons. The number of aliphatic hydroxyl groups is 1. The fourth-order valence-corrected chi connectivity index (χ4v) is 2.67. The van der Waals surface area contributed by atoms with Gasteiger partial charge in [-0.25, -0.2) is 0 Å². The molecular weight excluding hydrogens is 200 g/mol. The summed E-state index contributed by atoms with van der Waals surface area (Å²) in [6, 6.07) is 0.349. The van der Waals surface area contributed by atoms with Gasteiger partial charge < -0.3 is 15.7 Å². The third-order valence-corrected chi connectivity index (χ3v) is 4.03. The third-order valence-electron chi connectivity index (χ3n) is 4.03. The van der Waals surface area contributed by atoms with E-state index in [1.165, 1.54) is 12.8 Å². The van der Waals surface area contributed by atoms with Crippen molar-refractivity contribution < 1.29 is 5.11 Å². The number of nitrogens with two attached hydrogens (primary N) is 1. The van der Waals surface area contributed by atoms with E-state index in [-0.39, 0.29) is 6.10 Å². The maximum Gasteiger partial charge on any atom is 0.0695 e. The molecule has 0 aromatic rings. The minimum atomic E-state index is -0.135. The minimum Gasteiger partial charge on any atom is -0.391 e. The van der Waals surface area contributed by atoms with Gasteiger partial charge in [-0.05, 0) is 38.3 Å². The summed E-state index contributed by atoms with van der Waals surface area (Å²) < 4.78 is 0. The zero-order valence-corrected chi connectivity index (χ0v) is 11.0. The van der Waals surface area contributed by atoms with Gasteiger partial charge in [-0.3, -0.25) is 0 Å². The molecule has 1 fully saturated rings. The highest BCUT2D eigenvalue weighted by atomic mass is 16.3. The lowest BCUT2D eigenvalue weighted by Gasteiger charge is -2.37. The van der Waals surface area contributed by atoms with Crippen LogP contribution in [0.5, 0.6) is 0 Å². The summed E-state index contributed by atoms with van der Waals surface area (Å²) in [5.41, 5.74) is 5.80. The summed E-state index contributed by atoms with van der Waals surface area (Å²) in [5.74, 6) is 1.16. The van der Waals surface area contributed by atoms with E-state index in [2.05, 4.69) is 25.8 Å². The molecule has 0 bridgehead atoms. The topological polar surface area (TPSA) is 49.5 Å². The molecule has 0 heterocycles. The molecule has 0 saturated heterocycles. The minimum absolute atomic E-state index is 0.135. The van der Waals surface area contributed by atoms with E-state index in [9.17, 15) is 5.11 Å². The van der Waals surface area contributed by atoms with Crippen LogP contribution in [0.1, 0.15) is 39.5 Å². The normalized spacial score (nSPS) is 28.7. The van der Waals surface area contributed by atoms with Crippen molar-refractivity contribution in [1.82, 2.24) is 4.90 Å². The number of nitrogens with zero attached hydrogens (tertiary/aromatic N) is 1. The molecule has 1 saturated carbocycles. The second kappa shape index (κ2) is 6.58. The van der Waals surface area contributed by atoms with Crippen molar-refractivity contribution in [2.45, 2.75) is 51.7 Å². The molecule has 0 aliphatic heterocycles. The first-order valence-electron chi connectivity index (χ1n) is 6.64. The fraction of sp³-hybridized carbons (Fsp3) is 1.00. The maximum absolute atomic E-state index is 9.99. The van der Waals surface area contributed by atoms with E-state index in [1.807, 2.05) is 0 Å². The van der Waals surface area contributed by atoms with E-state index in [0.717, 1.165) is 25.9 Å². The average molecular weight is 228 g/mol. The van der Waals surface area contributed by atoms with Gasteiger partial charge in [0.05, 0.1) is 6.10 Å². The molecule has 3 heteroatoms. The molecule has 3 unspecified atom stereocenters. The Kier molecular flexibility index (Phi) is 5.73. The molecule has 0 radical (unpaired) electrons. The summed E-state index contributed by atoms with van der Waals surface area (Å²) in [5, 5.41) is 9.99. The smallest absolute Gasteiger partial charge is 0.0695 e. The number of rotatable bonds is 5. The Balaban J connectivity index is 2.46. The van der Waals surface area contributed by atoms with E-state index < -0.39 is 0 Å². The molecule has 3 N–H and O–H groups in total. The Hall–Kier alpha value is -0.120. The fourth-order valence-electron chi connectivity index (χ4n) is 2.67. The lowest BCUT2D eigenvalue weighted by atomic mass is 9.89. The van der Waals surface area contributed by atoms with Crippen LogP contribution in [0, 0.1) is 11.8 Å². The van der Waals surface area contributed by atoms with Crippen LogP contribution in [-0.4, -0.2) is 42.3 Å². The van der Waals surface area contributed by atoms with Crippen LogP contribution in [-0.2, 0) is 0 Å². The van der Waals surface area contributed by atoms with Gasteiger partial charge in [-0.2, -0.15) is 0 Å². The van der Waals surface area contributed by atoms with Crippen molar-refractivity contribution in [1.29, 1.82) is 0 Å². The second-order valence-corrected chi connectivity index (χ2v) is 5.60. The van der Waals surface area contributed by atoms with E-state index in [4.69, 9.17) is 5.73 Å². The van der Waals surface area contributed by atoms with Gasteiger partial charge in [0.1, 0.15) is 0 Å². The van der Waals surface area contributed by atoms with Crippen LogP contribution < -0.4 is 5.73 Å². The lowest BCUT2D eigenvalue weighted by molar-refractivity contribution is 0.0231. The van der Waals surface area contributed by atoms with Crippen LogP contribution in [0.25, 0.3) is 0 Å². The Labute approximate surface area is 100 Å². The molecule has 0 aromatic heterocycles. The highest BCUT2D eigenvalue weighted by Gasteiger charge is 2.28. The maximum atomic E-state index is 9.99. The molecule has 0 aromatic carbocycles. The largest absolute Gasteiger partial charge is 0.391 e. The average Bonchev–Trinajstić information content (AvgIpc) is 2.25. The molecule has 3 nitrogen and oxygen atoms in total. The lowest BCUT2D eigenvalue weighted by Crippen LogP contribution is -2.46. The standard InChI is InChI=1S/C13H28N2O/c1-10(2)11(8-14)9-15(3)12-6-4-5-7-13(12)16/h10-13,16H,4-9,14H2,1-3H3. The Morgan fingerprint density at radius 2 is 1.94 bits per heavy atom. The molecule has 1 aliphatic rings. The highest BCUT2D eigenvalue weighted by Crippen LogP contribution is 2.23. The molecule has 16 heavy (non-hydrogen) atoms. The first-order valence-corrected chi connectivity index (χ1v) is 6.64. The Bertz CT molecular complexity index is 196. The van der Waals surface area contributed by atoms with Crippen molar-refractivity contribution in [3.05, 3.63) is 0 Å². The van der Waals surface area contributed by atoms with E-state index in [1.54, 1.807) is 0 Å². The zero-order valence-electron chi connectivity index (χ0n) is 11.0. The number of likely N-dealkylation sites (N-methyl/N-ethyl adjacent to an activating group) is 1. The van der Waals surface area contributed by atoms with Crippen LogP contribution in [0.15, 0.2) is 0 Å². The van der Waals surface area contributed by atoms with Gasteiger partial charge in [0.25, 0.3) is 0 Å². The zero-order chi connectivity index (χ0) is 12.1. The van der Waals surface area contributed by atoms with Crippen LogP contribution in [0.4, 0.5) is 0 Å².